The average Bonchev–Trinajstić information content (AvgIpc) is 2.46. The van der Waals surface area contributed by atoms with Gasteiger partial charge in [0.25, 0.3) is 10.0 Å². The molecule has 3 N–H and O–H groups in total. The molecule has 0 atom stereocenters. The van der Waals surface area contributed by atoms with Gasteiger partial charge in [0.15, 0.2) is 0 Å². The molecule has 1 aliphatic rings. The van der Waals surface area contributed by atoms with E-state index in [1.165, 1.54) is 24.3 Å². The number of nitrogens with zero attached hydrogens (tertiary/aromatic N) is 1. The third-order valence-electron chi connectivity index (χ3n) is 3.20. The molecule has 1 amide bonds. The molecular weight excluding hydrogens is 290 g/mol. The van der Waals surface area contributed by atoms with E-state index in [2.05, 4.69) is 5.32 Å². The van der Waals surface area contributed by atoms with E-state index in [0.29, 0.717) is 17.1 Å². The quantitative estimate of drug-likeness (QED) is 0.821. The summed E-state index contributed by atoms with van der Waals surface area (Å²) in [5.74, 6) is -0.368. The van der Waals surface area contributed by atoms with Gasteiger partial charge in [0, 0.05) is 5.69 Å². The van der Waals surface area contributed by atoms with Gasteiger partial charge < -0.3 is 11.1 Å². The Bertz CT molecular complexity index is 800. The molecule has 0 saturated carbocycles. The molecule has 1 aliphatic heterocycles. The van der Waals surface area contributed by atoms with Crippen LogP contribution in [0.5, 0.6) is 0 Å². The fraction of sp³-hybridized carbons (Fsp3) is 0.0714. The molecule has 0 fully saturated rings. The number of sulfonamides is 1. The molecule has 2 aromatic carbocycles. The Morgan fingerprint density at radius 2 is 1.71 bits per heavy atom. The number of carbonyl (C=O) groups is 1. The lowest BCUT2D eigenvalue weighted by Gasteiger charge is -2.30. The van der Waals surface area contributed by atoms with Gasteiger partial charge in [-0.05, 0) is 36.4 Å². The first-order valence-electron chi connectivity index (χ1n) is 6.25. The highest BCUT2D eigenvalue weighted by molar-refractivity contribution is 7.92. The minimum absolute atomic E-state index is 0.0983. The normalized spacial score (nSPS) is 14.5. The number of fused-ring (bicyclic) bond motifs is 1. The Morgan fingerprint density at radius 1 is 1.05 bits per heavy atom. The Hall–Kier alpha value is -2.54. The molecule has 3 rings (SSSR count). The number of benzene rings is 2. The number of carbonyl (C=O) groups excluding carboxylic acids is 1. The number of anilines is 3. The number of nitrogens with two attached hydrogens (primary N) is 1. The fourth-order valence-corrected chi connectivity index (χ4v) is 3.62. The lowest BCUT2D eigenvalue weighted by atomic mass is 10.2. The van der Waals surface area contributed by atoms with Crippen molar-refractivity contribution in [3.8, 4) is 0 Å². The van der Waals surface area contributed by atoms with E-state index in [1.54, 1.807) is 24.3 Å². The predicted octanol–water partition coefficient (Wildman–Crippen LogP) is 1.42. The first kappa shape index (κ1) is 13.4. The van der Waals surface area contributed by atoms with Crippen LogP contribution < -0.4 is 15.4 Å². The van der Waals surface area contributed by atoms with Gasteiger partial charge in [-0.15, -0.1) is 0 Å². The third-order valence-corrected chi connectivity index (χ3v) is 4.98. The van der Waals surface area contributed by atoms with Gasteiger partial charge in [0.1, 0.15) is 6.54 Å². The SMILES string of the molecule is Nc1ccc(S(=O)(=O)N2CC(=O)Nc3ccccc32)cc1. The summed E-state index contributed by atoms with van der Waals surface area (Å²) in [5, 5.41) is 2.66. The summed E-state index contributed by atoms with van der Waals surface area (Å²) in [5.41, 5.74) is 6.98. The lowest BCUT2D eigenvalue weighted by molar-refractivity contribution is -0.115. The number of para-hydroxylation sites is 2. The number of hydrogen-bond acceptors (Lipinski definition) is 4. The number of nitrogens with one attached hydrogen (secondary N) is 1. The van der Waals surface area contributed by atoms with E-state index in [1.807, 2.05) is 0 Å². The monoisotopic (exact) mass is 303 g/mol. The van der Waals surface area contributed by atoms with Gasteiger partial charge in [-0.1, -0.05) is 12.1 Å². The van der Waals surface area contributed by atoms with Crippen molar-refractivity contribution in [2.45, 2.75) is 4.90 Å². The van der Waals surface area contributed by atoms with Gasteiger partial charge in [0.05, 0.1) is 16.3 Å². The van der Waals surface area contributed by atoms with Crippen molar-refractivity contribution in [1.82, 2.24) is 0 Å². The topological polar surface area (TPSA) is 92.5 Å². The molecule has 0 bridgehead atoms. The Balaban J connectivity index is 2.11. The highest BCUT2D eigenvalue weighted by Gasteiger charge is 2.32. The molecule has 0 aliphatic carbocycles. The summed E-state index contributed by atoms with van der Waals surface area (Å²) >= 11 is 0. The maximum Gasteiger partial charge on any atom is 0.264 e. The second-order valence-electron chi connectivity index (χ2n) is 4.65. The highest BCUT2D eigenvalue weighted by atomic mass is 32.2. The summed E-state index contributed by atoms with van der Waals surface area (Å²) in [6.45, 7) is -0.246. The fourth-order valence-electron chi connectivity index (χ4n) is 2.18. The molecule has 0 radical (unpaired) electrons. The van der Waals surface area contributed by atoms with Crippen molar-refractivity contribution in [3.05, 3.63) is 48.5 Å². The third kappa shape index (κ3) is 2.31. The maximum absolute atomic E-state index is 12.7. The number of amides is 1. The molecular formula is C14H13N3O3S. The van der Waals surface area contributed by atoms with Crippen LogP contribution in [0, 0.1) is 0 Å². The second-order valence-corrected chi connectivity index (χ2v) is 6.51. The summed E-state index contributed by atoms with van der Waals surface area (Å²) in [7, 11) is -3.81. The Labute approximate surface area is 122 Å². The minimum atomic E-state index is -3.81. The number of nitrogen functional groups attached to an aromatic ring is 1. The predicted molar refractivity (Wildman–Crippen MR) is 80.5 cm³/mol. The van der Waals surface area contributed by atoms with E-state index in [0.717, 1.165) is 4.31 Å². The zero-order chi connectivity index (χ0) is 15.0. The van der Waals surface area contributed by atoms with Crippen molar-refractivity contribution >= 4 is 33.0 Å². The molecule has 7 heteroatoms. The summed E-state index contributed by atoms with van der Waals surface area (Å²) in [6, 6.07) is 12.7. The van der Waals surface area contributed by atoms with Crippen molar-refractivity contribution in [2.75, 3.05) is 21.9 Å². The molecule has 6 nitrogen and oxygen atoms in total. The highest BCUT2D eigenvalue weighted by Crippen LogP contribution is 2.33. The molecule has 0 saturated heterocycles. The van der Waals surface area contributed by atoms with Crippen LogP contribution in [-0.2, 0) is 14.8 Å². The largest absolute Gasteiger partial charge is 0.399 e. The van der Waals surface area contributed by atoms with Gasteiger partial charge in [-0.25, -0.2) is 8.42 Å². The van der Waals surface area contributed by atoms with Crippen LogP contribution >= 0.6 is 0 Å². The zero-order valence-corrected chi connectivity index (χ0v) is 11.8. The minimum Gasteiger partial charge on any atom is -0.399 e. The molecule has 1 heterocycles. The van der Waals surface area contributed by atoms with Gasteiger partial charge >= 0.3 is 0 Å². The van der Waals surface area contributed by atoms with Crippen LogP contribution in [0.4, 0.5) is 17.1 Å². The summed E-state index contributed by atoms with van der Waals surface area (Å²) < 4.78 is 26.5. The molecule has 21 heavy (non-hydrogen) atoms. The van der Waals surface area contributed by atoms with Crippen LogP contribution in [0.2, 0.25) is 0 Å². The Kier molecular flexibility index (Phi) is 3.06. The van der Waals surface area contributed by atoms with E-state index in [4.69, 9.17) is 5.73 Å². The van der Waals surface area contributed by atoms with E-state index < -0.39 is 10.0 Å². The van der Waals surface area contributed by atoms with Crippen LogP contribution in [-0.4, -0.2) is 20.9 Å². The first-order valence-corrected chi connectivity index (χ1v) is 7.69. The smallest absolute Gasteiger partial charge is 0.264 e. The molecule has 0 unspecified atom stereocenters. The van der Waals surface area contributed by atoms with Gasteiger partial charge in [0.2, 0.25) is 5.91 Å². The van der Waals surface area contributed by atoms with E-state index >= 15 is 0 Å². The number of hydrogen-bond donors (Lipinski definition) is 2. The van der Waals surface area contributed by atoms with Crippen molar-refractivity contribution in [1.29, 1.82) is 0 Å². The van der Waals surface area contributed by atoms with Gasteiger partial charge in [-0.2, -0.15) is 0 Å². The standard InChI is InChI=1S/C14H13N3O3S/c15-10-5-7-11(8-6-10)21(19,20)17-9-14(18)16-12-3-1-2-4-13(12)17/h1-8H,9,15H2,(H,16,18). The van der Waals surface area contributed by atoms with Crippen LogP contribution in [0.1, 0.15) is 0 Å². The van der Waals surface area contributed by atoms with Crippen LogP contribution in [0.15, 0.2) is 53.4 Å². The summed E-state index contributed by atoms with van der Waals surface area (Å²) in [4.78, 5) is 11.8. The molecule has 0 aromatic heterocycles. The number of rotatable bonds is 2. The van der Waals surface area contributed by atoms with Crippen LogP contribution in [0.25, 0.3) is 0 Å². The van der Waals surface area contributed by atoms with E-state index in [9.17, 15) is 13.2 Å². The van der Waals surface area contributed by atoms with Crippen molar-refractivity contribution in [3.63, 3.8) is 0 Å². The van der Waals surface area contributed by atoms with E-state index in [-0.39, 0.29) is 17.3 Å². The maximum atomic E-state index is 12.7. The van der Waals surface area contributed by atoms with Crippen molar-refractivity contribution in [2.24, 2.45) is 0 Å². The summed E-state index contributed by atoms with van der Waals surface area (Å²) in [6.07, 6.45) is 0. The first-order chi connectivity index (χ1) is 9.98. The average molecular weight is 303 g/mol. The molecule has 2 aromatic rings. The Morgan fingerprint density at radius 3 is 2.43 bits per heavy atom. The zero-order valence-electron chi connectivity index (χ0n) is 11.0. The lowest BCUT2D eigenvalue weighted by Crippen LogP contribution is -2.42. The second kappa shape index (κ2) is 4.78. The molecule has 0 spiro atoms. The van der Waals surface area contributed by atoms with Crippen LogP contribution in [0.3, 0.4) is 0 Å². The van der Waals surface area contributed by atoms with Gasteiger partial charge in [-0.3, -0.25) is 9.10 Å². The van der Waals surface area contributed by atoms with Crippen molar-refractivity contribution < 1.29 is 13.2 Å². The molecule has 108 valence electrons.